The van der Waals surface area contributed by atoms with Crippen LogP contribution in [-0.4, -0.2) is 39.1 Å². The lowest BCUT2D eigenvalue weighted by Crippen LogP contribution is -2.27. The third-order valence-electron chi connectivity index (χ3n) is 1.97. The first-order valence-corrected chi connectivity index (χ1v) is 8.23. The van der Waals surface area contributed by atoms with E-state index in [4.69, 9.17) is 11.0 Å². The molecule has 19 heavy (non-hydrogen) atoms. The van der Waals surface area contributed by atoms with Crippen molar-refractivity contribution in [2.45, 2.75) is 11.3 Å². The SMILES string of the molecule is NNc1ncc(S(=O)(=O)NCCCS(N)(=O)=O)cn1. The maximum Gasteiger partial charge on any atom is 0.243 e. The van der Waals surface area contributed by atoms with Crippen LogP contribution in [0.1, 0.15) is 6.42 Å². The lowest BCUT2D eigenvalue weighted by molar-refractivity contribution is 0.576. The zero-order chi connectivity index (χ0) is 14.5. The lowest BCUT2D eigenvalue weighted by atomic mass is 10.5. The second-order valence-electron chi connectivity index (χ2n) is 3.51. The van der Waals surface area contributed by atoms with Gasteiger partial charge < -0.3 is 0 Å². The maximum atomic E-state index is 11.7. The minimum absolute atomic E-state index is 0.0599. The van der Waals surface area contributed by atoms with Crippen molar-refractivity contribution in [3.63, 3.8) is 0 Å². The first-order chi connectivity index (χ1) is 8.74. The number of nitrogen functional groups attached to an aromatic ring is 1. The molecular weight excluding hydrogens is 296 g/mol. The number of nitrogens with two attached hydrogens (primary N) is 2. The van der Waals surface area contributed by atoms with Gasteiger partial charge in [0.1, 0.15) is 4.90 Å². The van der Waals surface area contributed by atoms with Crippen LogP contribution in [0.15, 0.2) is 17.3 Å². The van der Waals surface area contributed by atoms with E-state index in [9.17, 15) is 16.8 Å². The minimum atomic E-state index is -3.78. The number of nitrogens with one attached hydrogen (secondary N) is 2. The van der Waals surface area contributed by atoms with Gasteiger partial charge in [0.05, 0.1) is 18.1 Å². The van der Waals surface area contributed by atoms with Gasteiger partial charge >= 0.3 is 0 Å². The molecule has 0 aromatic carbocycles. The molecule has 1 aromatic rings. The van der Waals surface area contributed by atoms with E-state index in [0.717, 1.165) is 12.4 Å². The summed E-state index contributed by atoms with van der Waals surface area (Å²) >= 11 is 0. The van der Waals surface area contributed by atoms with Crippen LogP contribution in [0.3, 0.4) is 0 Å². The summed E-state index contributed by atoms with van der Waals surface area (Å²) in [5, 5.41) is 4.78. The van der Waals surface area contributed by atoms with Crippen molar-refractivity contribution in [2.75, 3.05) is 17.7 Å². The van der Waals surface area contributed by atoms with Crippen LogP contribution >= 0.6 is 0 Å². The normalized spacial score (nSPS) is 12.3. The second kappa shape index (κ2) is 6.21. The largest absolute Gasteiger partial charge is 0.292 e. The highest BCUT2D eigenvalue weighted by atomic mass is 32.2. The van der Waals surface area contributed by atoms with Gasteiger partial charge in [-0.25, -0.2) is 42.5 Å². The molecule has 1 heterocycles. The van der Waals surface area contributed by atoms with Crippen molar-refractivity contribution in [3.05, 3.63) is 12.4 Å². The van der Waals surface area contributed by atoms with Crippen LogP contribution < -0.4 is 21.1 Å². The molecule has 0 saturated heterocycles. The van der Waals surface area contributed by atoms with E-state index in [0.29, 0.717) is 0 Å². The number of nitrogens with zero attached hydrogens (tertiary/aromatic N) is 2. The van der Waals surface area contributed by atoms with Crippen molar-refractivity contribution >= 4 is 26.0 Å². The van der Waals surface area contributed by atoms with E-state index < -0.39 is 20.0 Å². The number of rotatable bonds is 7. The van der Waals surface area contributed by atoms with Gasteiger partial charge in [-0.3, -0.25) is 5.43 Å². The predicted molar refractivity (Wildman–Crippen MR) is 67.6 cm³/mol. The molecule has 0 atom stereocenters. The van der Waals surface area contributed by atoms with Gasteiger partial charge in [-0.15, -0.1) is 0 Å². The summed E-state index contributed by atoms with van der Waals surface area (Å²) in [7, 11) is -7.38. The van der Waals surface area contributed by atoms with Crippen molar-refractivity contribution in [1.29, 1.82) is 0 Å². The Hall–Kier alpha value is -1.34. The molecule has 0 spiro atoms. The Bertz CT molecular complexity index is 611. The van der Waals surface area contributed by atoms with Crippen molar-refractivity contribution < 1.29 is 16.8 Å². The molecule has 0 saturated carbocycles. The second-order valence-corrected chi connectivity index (χ2v) is 7.01. The van der Waals surface area contributed by atoms with Crippen LogP contribution in [0.5, 0.6) is 0 Å². The summed E-state index contributed by atoms with van der Waals surface area (Å²) in [6.45, 7) is -0.0599. The van der Waals surface area contributed by atoms with Gasteiger partial charge in [-0.05, 0) is 6.42 Å². The molecule has 0 bridgehead atoms. The van der Waals surface area contributed by atoms with Crippen LogP contribution in [0.2, 0.25) is 0 Å². The summed E-state index contributed by atoms with van der Waals surface area (Å²) < 4.78 is 47.0. The highest BCUT2D eigenvalue weighted by molar-refractivity contribution is 7.89. The van der Waals surface area contributed by atoms with Gasteiger partial charge in [-0.1, -0.05) is 0 Å². The Morgan fingerprint density at radius 3 is 2.21 bits per heavy atom. The number of primary sulfonamides is 1. The fourth-order valence-electron chi connectivity index (χ4n) is 1.09. The average molecular weight is 310 g/mol. The Kier molecular flexibility index (Phi) is 5.13. The molecular formula is C7H14N6O4S2. The average Bonchev–Trinajstić information content (AvgIpc) is 2.34. The van der Waals surface area contributed by atoms with E-state index in [-0.39, 0.29) is 29.6 Å². The number of hydrazine groups is 1. The molecule has 1 aromatic heterocycles. The smallest absolute Gasteiger partial charge is 0.243 e. The van der Waals surface area contributed by atoms with Gasteiger partial charge in [0.15, 0.2) is 0 Å². The van der Waals surface area contributed by atoms with Gasteiger partial charge in [-0.2, -0.15) is 0 Å². The summed E-state index contributed by atoms with van der Waals surface area (Å²) in [5.41, 5.74) is 2.16. The van der Waals surface area contributed by atoms with Crippen LogP contribution in [0.25, 0.3) is 0 Å². The van der Waals surface area contributed by atoms with Crippen LogP contribution in [-0.2, 0) is 20.0 Å². The zero-order valence-electron chi connectivity index (χ0n) is 9.77. The summed E-state index contributed by atoms with van der Waals surface area (Å²) in [6.07, 6.45) is 2.22. The molecule has 0 aliphatic carbocycles. The Morgan fingerprint density at radius 1 is 1.16 bits per heavy atom. The molecule has 0 amide bonds. The quantitative estimate of drug-likeness (QED) is 0.248. The number of sulfonamides is 2. The molecule has 0 unspecified atom stereocenters. The van der Waals surface area contributed by atoms with Crippen molar-refractivity contribution in [2.24, 2.45) is 11.0 Å². The Morgan fingerprint density at radius 2 is 1.74 bits per heavy atom. The lowest BCUT2D eigenvalue weighted by Gasteiger charge is -2.06. The zero-order valence-corrected chi connectivity index (χ0v) is 11.4. The van der Waals surface area contributed by atoms with E-state index in [1.165, 1.54) is 0 Å². The molecule has 0 radical (unpaired) electrons. The predicted octanol–water partition coefficient (Wildman–Crippen LogP) is -2.28. The number of hydrogen-bond acceptors (Lipinski definition) is 8. The van der Waals surface area contributed by atoms with E-state index in [2.05, 4.69) is 20.1 Å². The third-order valence-corrected chi connectivity index (χ3v) is 4.24. The molecule has 0 aliphatic heterocycles. The topological polar surface area (TPSA) is 170 Å². The number of aromatic nitrogens is 2. The summed E-state index contributed by atoms with van der Waals surface area (Å²) in [4.78, 5) is 7.15. The van der Waals surface area contributed by atoms with Gasteiger partial charge in [0.2, 0.25) is 26.0 Å². The highest BCUT2D eigenvalue weighted by Gasteiger charge is 2.15. The first-order valence-electron chi connectivity index (χ1n) is 5.03. The van der Waals surface area contributed by atoms with Crippen molar-refractivity contribution in [3.8, 4) is 0 Å². The van der Waals surface area contributed by atoms with Crippen LogP contribution in [0, 0.1) is 0 Å². The Balaban J connectivity index is 2.60. The minimum Gasteiger partial charge on any atom is -0.292 e. The fraction of sp³-hybridized carbons (Fsp3) is 0.429. The molecule has 0 fully saturated rings. The van der Waals surface area contributed by atoms with E-state index >= 15 is 0 Å². The monoisotopic (exact) mass is 310 g/mol. The standard InChI is InChI=1S/C7H14N6O4S2/c8-13-7-10-4-6(5-11-7)19(16,17)12-2-1-3-18(9,14)15/h4-5,12H,1-3,8H2,(H2,9,14,15)(H,10,11,13). The highest BCUT2D eigenvalue weighted by Crippen LogP contribution is 2.06. The Labute approximate surface area is 110 Å². The molecule has 10 nitrogen and oxygen atoms in total. The van der Waals surface area contributed by atoms with Crippen LogP contribution in [0.4, 0.5) is 5.95 Å². The van der Waals surface area contributed by atoms with E-state index in [1.54, 1.807) is 0 Å². The molecule has 108 valence electrons. The molecule has 1 rings (SSSR count). The molecule has 12 heteroatoms. The third kappa shape index (κ3) is 5.44. The molecule has 6 N–H and O–H groups in total. The summed E-state index contributed by atoms with van der Waals surface area (Å²) in [5.74, 6) is 4.81. The van der Waals surface area contributed by atoms with Gasteiger partial charge in [0.25, 0.3) is 0 Å². The maximum absolute atomic E-state index is 11.7. The first kappa shape index (κ1) is 15.7. The van der Waals surface area contributed by atoms with E-state index in [1.807, 2.05) is 0 Å². The molecule has 0 aliphatic rings. The number of anilines is 1. The number of hydrogen-bond donors (Lipinski definition) is 4. The summed E-state index contributed by atoms with van der Waals surface area (Å²) in [6, 6.07) is 0. The van der Waals surface area contributed by atoms with Crippen molar-refractivity contribution in [1.82, 2.24) is 14.7 Å². The van der Waals surface area contributed by atoms with Gasteiger partial charge in [0, 0.05) is 6.54 Å². The fourth-order valence-corrected chi connectivity index (χ4v) is 2.60.